The van der Waals surface area contributed by atoms with Gasteiger partial charge in [0.05, 0.1) is 6.61 Å². The molecule has 0 unspecified atom stereocenters. The summed E-state index contributed by atoms with van der Waals surface area (Å²) in [4.78, 5) is 0. The maximum atomic E-state index is 9.65. The normalized spacial score (nSPS) is 19.2. The van der Waals surface area contributed by atoms with Crippen LogP contribution in [0, 0.1) is 0 Å². The van der Waals surface area contributed by atoms with E-state index >= 15 is 0 Å². The van der Waals surface area contributed by atoms with Crippen LogP contribution < -0.4 is 0 Å². The summed E-state index contributed by atoms with van der Waals surface area (Å²) in [5.74, 6) is 0.586. The monoisotopic (exact) mass is 218 g/mol. The molecule has 1 N–H and O–H groups in total. The Labute approximate surface area is 98.5 Å². The predicted octanol–water partition coefficient (Wildman–Crippen LogP) is 3.61. The Balaban J connectivity index is 2.26. The van der Waals surface area contributed by atoms with Gasteiger partial charge in [0.2, 0.25) is 0 Å². The van der Waals surface area contributed by atoms with Crippen LogP contribution in [0.3, 0.4) is 0 Å². The smallest absolute Gasteiger partial charge is 0.0527 e. The van der Waals surface area contributed by atoms with Crippen molar-refractivity contribution in [1.29, 1.82) is 0 Å². The first kappa shape index (κ1) is 11.7. The zero-order chi connectivity index (χ0) is 11.6. The molecule has 0 radical (unpaired) electrons. The second-order valence-corrected chi connectivity index (χ2v) is 5.42. The lowest BCUT2D eigenvalue weighted by atomic mass is 9.79. The van der Waals surface area contributed by atoms with Gasteiger partial charge in [0.15, 0.2) is 0 Å². The molecule has 0 aliphatic heterocycles. The third kappa shape index (κ3) is 2.01. The fourth-order valence-corrected chi connectivity index (χ4v) is 2.81. The standard InChI is InChI=1S/C15H22O/c1-12(2)13-5-7-14(8-6-13)15(11-16)9-3-4-10-15/h5-8,12,16H,3-4,9-11H2,1-2H3. The van der Waals surface area contributed by atoms with Gasteiger partial charge in [-0.05, 0) is 29.9 Å². The molecule has 1 heteroatoms. The summed E-state index contributed by atoms with van der Waals surface area (Å²) in [6, 6.07) is 8.87. The number of aliphatic hydroxyl groups excluding tert-OH is 1. The summed E-state index contributed by atoms with van der Waals surface area (Å²) in [7, 11) is 0. The molecule has 1 aliphatic rings. The van der Waals surface area contributed by atoms with E-state index in [0.717, 1.165) is 12.8 Å². The van der Waals surface area contributed by atoms with Crippen LogP contribution in [-0.2, 0) is 5.41 Å². The zero-order valence-electron chi connectivity index (χ0n) is 10.4. The van der Waals surface area contributed by atoms with E-state index in [-0.39, 0.29) is 5.41 Å². The van der Waals surface area contributed by atoms with Gasteiger partial charge in [-0.2, -0.15) is 0 Å². The van der Waals surface area contributed by atoms with E-state index < -0.39 is 0 Å². The lowest BCUT2D eigenvalue weighted by molar-refractivity contribution is 0.196. The Morgan fingerprint density at radius 3 is 2.12 bits per heavy atom. The molecular weight excluding hydrogens is 196 g/mol. The first-order chi connectivity index (χ1) is 7.68. The largest absolute Gasteiger partial charge is 0.395 e. The second-order valence-electron chi connectivity index (χ2n) is 5.42. The summed E-state index contributed by atoms with van der Waals surface area (Å²) in [5.41, 5.74) is 2.78. The number of hydrogen-bond acceptors (Lipinski definition) is 1. The number of hydrogen-bond donors (Lipinski definition) is 1. The molecule has 1 aliphatic carbocycles. The van der Waals surface area contributed by atoms with Crippen molar-refractivity contribution in [1.82, 2.24) is 0 Å². The Kier molecular flexibility index (Phi) is 3.34. The van der Waals surface area contributed by atoms with Crippen LogP contribution in [0.5, 0.6) is 0 Å². The molecule has 1 nitrogen and oxygen atoms in total. The van der Waals surface area contributed by atoms with Crippen molar-refractivity contribution in [3.05, 3.63) is 35.4 Å². The second kappa shape index (κ2) is 4.58. The third-order valence-electron chi connectivity index (χ3n) is 4.05. The van der Waals surface area contributed by atoms with E-state index in [2.05, 4.69) is 38.1 Å². The molecule has 2 rings (SSSR count). The number of rotatable bonds is 3. The SMILES string of the molecule is CC(C)c1ccc(C2(CO)CCCC2)cc1. The van der Waals surface area contributed by atoms with Crippen LogP contribution in [0.15, 0.2) is 24.3 Å². The van der Waals surface area contributed by atoms with Crippen molar-refractivity contribution in [2.75, 3.05) is 6.61 Å². The molecule has 16 heavy (non-hydrogen) atoms. The molecular formula is C15H22O. The lowest BCUT2D eigenvalue weighted by Crippen LogP contribution is -2.26. The molecule has 1 fully saturated rings. The van der Waals surface area contributed by atoms with E-state index in [4.69, 9.17) is 0 Å². The first-order valence-electron chi connectivity index (χ1n) is 6.39. The molecule has 1 saturated carbocycles. The van der Waals surface area contributed by atoms with Gasteiger partial charge in [-0.3, -0.25) is 0 Å². The van der Waals surface area contributed by atoms with Crippen LogP contribution >= 0.6 is 0 Å². The molecule has 88 valence electrons. The highest BCUT2D eigenvalue weighted by Crippen LogP contribution is 2.40. The third-order valence-corrected chi connectivity index (χ3v) is 4.05. The number of benzene rings is 1. The van der Waals surface area contributed by atoms with Crippen LogP contribution in [0.2, 0.25) is 0 Å². The quantitative estimate of drug-likeness (QED) is 0.821. The summed E-state index contributed by atoms with van der Waals surface area (Å²) in [6.45, 7) is 4.73. The molecule has 0 saturated heterocycles. The van der Waals surface area contributed by atoms with Crippen LogP contribution in [0.1, 0.15) is 56.6 Å². The minimum Gasteiger partial charge on any atom is -0.395 e. The molecule has 0 aromatic heterocycles. The fraction of sp³-hybridized carbons (Fsp3) is 0.600. The molecule has 1 aromatic carbocycles. The summed E-state index contributed by atoms with van der Waals surface area (Å²) in [5, 5.41) is 9.65. The van der Waals surface area contributed by atoms with Gasteiger partial charge < -0.3 is 5.11 Å². The minimum absolute atomic E-state index is 0.0650. The summed E-state index contributed by atoms with van der Waals surface area (Å²) < 4.78 is 0. The Hall–Kier alpha value is -0.820. The van der Waals surface area contributed by atoms with Crippen LogP contribution in [0.4, 0.5) is 0 Å². The highest BCUT2D eigenvalue weighted by atomic mass is 16.3. The van der Waals surface area contributed by atoms with Gasteiger partial charge in [0.1, 0.15) is 0 Å². The maximum absolute atomic E-state index is 9.65. The van der Waals surface area contributed by atoms with E-state index in [1.54, 1.807) is 0 Å². The van der Waals surface area contributed by atoms with Crippen molar-refractivity contribution in [2.24, 2.45) is 0 Å². The molecule has 0 atom stereocenters. The summed E-state index contributed by atoms with van der Waals surface area (Å²) >= 11 is 0. The highest BCUT2D eigenvalue weighted by Gasteiger charge is 2.34. The van der Waals surface area contributed by atoms with Gasteiger partial charge in [-0.1, -0.05) is 51.0 Å². The molecule has 0 heterocycles. The lowest BCUT2D eigenvalue weighted by Gasteiger charge is -2.27. The van der Waals surface area contributed by atoms with Gasteiger partial charge >= 0.3 is 0 Å². The zero-order valence-corrected chi connectivity index (χ0v) is 10.4. The van der Waals surface area contributed by atoms with Crippen molar-refractivity contribution in [3.63, 3.8) is 0 Å². The first-order valence-corrected chi connectivity index (χ1v) is 6.39. The van der Waals surface area contributed by atoms with Crippen molar-refractivity contribution in [2.45, 2.75) is 50.9 Å². The predicted molar refractivity (Wildman–Crippen MR) is 67.8 cm³/mol. The molecule has 0 spiro atoms. The number of aliphatic hydroxyl groups is 1. The van der Waals surface area contributed by atoms with Crippen LogP contribution in [0.25, 0.3) is 0 Å². The molecule has 0 amide bonds. The molecule has 1 aromatic rings. The topological polar surface area (TPSA) is 20.2 Å². The van der Waals surface area contributed by atoms with Gasteiger partial charge in [0.25, 0.3) is 0 Å². The summed E-state index contributed by atoms with van der Waals surface area (Å²) in [6.07, 6.45) is 4.80. The maximum Gasteiger partial charge on any atom is 0.0527 e. The average Bonchev–Trinajstić information content (AvgIpc) is 2.79. The van der Waals surface area contributed by atoms with E-state index in [1.807, 2.05) is 0 Å². The Bertz CT molecular complexity index is 331. The fourth-order valence-electron chi connectivity index (χ4n) is 2.81. The van der Waals surface area contributed by atoms with Crippen LogP contribution in [-0.4, -0.2) is 11.7 Å². The van der Waals surface area contributed by atoms with E-state index in [1.165, 1.54) is 24.0 Å². The van der Waals surface area contributed by atoms with Gasteiger partial charge in [-0.15, -0.1) is 0 Å². The Morgan fingerprint density at radius 2 is 1.69 bits per heavy atom. The van der Waals surface area contributed by atoms with Crippen molar-refractivity contribution < 1.29 is 5.11 Å². The average molecular weight is 218 g/mol. The van der Waals surface area contributed by atoms with E-state index in [0.29, 0.717) is 12.5 Å². The minimum atomic E-state index is 0.0650. The van der Waals surface area contributed by atoms with E-state index in [9.17, 15) is 5.11 Å². The van der Waals surface area contributed by atoms with Gasteiger partial charge in [0, 0.05) is 5.41 Å². The van der Waals surface area contributed by atoms with Crippen molar-refractivity contribution >= 4 is 0 Å². The molecule has 0 bridgehead atoms. The van der Waals surface area contributed by atoms with Gasteiger partial charge in [-0.25, -0.2) is 0 Å². The Morgan fingerprint density at radius 1 is 1.12 bits per heavy atom. The van der Waals surface area contributed by atoms with Crippen molar-refractivity contribution in [3.8, 4) is 0 Å². The highest BCUT2D eigenvalue weighted by molar-refractivity contribution is 5.31.